The maximum Gasteiger partial charge on any atom is 0.288 e. The average Bonchev–Trinajstić information content (AvgIpc) is 2.49. The fourth-order valence-corrected chi connectivity index (χ4v) is 3.15. The van der Waals surface area contributed by atoms with Crippen molar-refractivity contribution in [2.75, 3.05) is 18.2 Å². The largest absolute Gasteiger partial charge is 0.370 e. The maximum atomic E-state index is 13.6. The van der Waals surface area contributed by atoms with Gasteiger partial charge in [0.2, 0.25) is 0 Å². The zero-order valence-corrected chi connectivity index (χ0v) is 14.3. The molecule has 0 aliphatic heterocycles. The zero-order chi connectivity index (χ0) is 18.1. The molecule has 0 aliphatic carbocycles. The Hall–Kier alpha value is -2.48. The Kier molecular flexibility index (Phi) is 4.88. The Bertz CT molecular complexity index is 897. The molecule has 0 atom stereocenters. The van der Waals surface area contributed by atoms with E-state index in [4.69, 9.17) is 0 Å². The topological polar surface area (TPSA) is 80.5 Å². The van der Waals surface area contributed by atoms with Crippen LogP contribution in [0.5, 0.6) is 0 Å². The lowest BCUT2D eigenvalue weighted by Crippen LogP contribution is -2.17. The SMILES string of the molecule is Cc1ccc(CN(C)c2ccc([N+](=O)[O-])c(S(C)(=O)=O)c2)cc1F. The summed E-state index contributed by atoms with van der Waals surface area (Å²) in [5.41, 5.74) is 1.27. The molecule has 0 spiro atoms. The summed E-state index contributed by atoms with van der Waals surface area (Å²) in [6, 6.07) is 8.75. The third-order valence-corrected chi connectivity index (χ3v) is 4.76. The van der Waals surface area contributed by atoms with E-state index < -0.39 is 20.4 Å². The fraction of sp³-hybridized carbons (Fsp3) is 0.250. The Morgan fingerprint density at radius 1 is 1.21 bits per heavy atom. The molecule has 0 aromatic heterocycles. The van der Waals surface area contributed by atoms with Crippen LogP contribution in [0.4, 0.5) is 15.8 Å². The van der Waals surface area contributed by atoms with E-state index in [1.165, 1.54) is 18.2 Å². The minimum Gasteiger partial charge on any atom is -0.370 e. The van der Waals surface area contributed by atoms with Gasteiger partial charge < -0.3 is 4.90 Å². The number of hydrogen-bond donors (Lipinski definition) is 0. The first-order chi connectivity index (χ1) is 11.1. The molecule has 0 heterocycles. The van der Waals surface area contributed by atoms with Gasteiger partial charge in [-0.2, -0.15) is 0 Å². The minimum absolute atomic E-state index is 0.318. The first-order valence-corrected chi connectivity index (χ1v) is 8.93. The molecular weight excluding hydrogens is 335 g/mol. The van der Waals surface area contributed by atoms with Crippen molar-refractivity contribution in [3.63, 3.8) is 0 Å². The summed E-state index contributed by atoms with van der Waals surface area (Å²) in [4.78, 5) is 11.6. The predicted octanol–water partition coefficient (Wildman–Crippen LogP) is 3.08. The highest BCUT2D eigenvalue weighted by Gasteiger charge is 2.23. The number of rotatable bonds is 5. The molecule has 2 aromatic rings. The van der Waals surface area contributed by atoms with E-state index in [1.807, 2.05) is 0 Å². The average molecular weight is 352 g/mol. The molecule has 24 heavy (non-hydrogen) atoms. The molecule has 0 bridgehead atoms. The quantitative estimate of drug-likeness (QED) is 0.610. The van der Waals surface area contributed by atoms with E-state index in [2.05, 4.69) is 0 Å². The number of nitro groups is 1. The second-order valence-corrected chi connectivity index (χ2v) is 7.61. The van der Waals surface area contributed by atoms with Crippen LogP contribution in [0.15, 0.2) is 41.3 Å². The molecule has 0 aliphatic rings. The summed E-state index contributed by atoms with van der Waals surface area (Å²) >= 11 is 0. The number of sulfone groups is 1. The smallest absolute Gasteiger partial charge is 0.288 e. The van der Waals surface area contributed by atoms with Crippen LogP contribution in [0.2, 0.25) is 0 Å². The number of halogens is 1. The van der Waals surface area contributed by atoms with Crippen molar-refractivity contribution < 1.29 is 17.7 Å². The molecule has 2 rings (SSSR count). The molecule has 128 valence electrons. The van der Waals surface area contributed by atoms with Gasteiger partial charge in [-0.05, 0) is 36.2 Å². The Morgan fingerprint density at radius 3 is 2.42 bits per heavy atom. The fourth-order valence-electron chi connectivity index (χ4n) is 2.29. The molecule has 0 saturated carbocycles. The Morgan fingerprint density at radius 2 is 1.88 bits per heavy atom. The summed E-state index contributed by atoms with van der Waals surface area (Å²) in [5.74, 6) is -0.318. The van der Waals surface area contributed by atoms with Gasteiger partial charge in [0, 0.05) is 31.6 Å². The standard InChI is InChI=1S/C16H17FN2O4S/c1-11-4-5-12(8-14(11)17)10-18(2)13-6-7-15(19(20)21)16(9-13)24(3,22)23/h4-9H,10H2,1-3H3. The van der Waals surface area contributed by atoms with Gasteiger partial charge in [0.05, 0.1) is 4.92 Å². The molecule has 0 N–H and O–H groups in total. The van der Waals surface area contributed by atoms with Crippen LogP contribution in [0.3, 0.4) is 0 Å². The number of aryl methyl sites for hydroxylation is 1. The number of hydrogen-bond acceptors (Lipinski definition) is 5. The van der Waals surface area contributed by atoms with Crippen molar-refractivity contribution in [1.82, 2.24) is 0 Å². The summed E-state index contributed by atoms with van der Waals surface area (Å²) in [7, 11) is -2.05. The van der Waals surface area contributed by atoms with E-state index in [9.17, 15) is 22.9 Å². The zero-order valence-electron chi connectivity index (χ0n) is 13.5. The third-order valence-electron chi connectivity index (χ3n) is 3.64. The van der Waals surface area contributed by atoms with Gasteiger partial charge in [0.15, 0.2) is 9.84 Å². The molecule has 0 radical (unpaired) electrons. The van der Waals surface area contributed by atoms with Gasteiger partial charge in [-0.25, -0.2) is 12.8 Å². The third kappa shape index (κ3) is 3.88. The molecule has 0 fully saturated rings. The lowest BCUT2D eigenvalue weighted by atomic mass is 10.1. The van der Waals surface area contributed by atoms with Gasteiger partial charge in [-0.15, -0.1) is 0 Å². The Balaban J connectivity index is 2.37. The Labute approximate surface area is 139 Å². The van der Waals surface area contributed by atoms with Gasteiger partial charge in [-0.1, -0.05) is 12.1 Å². The number of benzene rings is 2. The second kappa shape index (κ2) is 6.56. The molecule has 0 amide bonds. The van der Waals surface area contributed by atoms with Crippen molar-refractivity contribution in [1.29, 1.82) is 0 Å². The van der Waals surface area contributed by atoms with Gasteiger partial charge in [-0.3, -0.25) is 10.1 Å². The lowest BCUT2D eigenvalue weighted by molar-refractivity contribution is -0.387. The monoisotopic (exact) mass is 352 g/mol. The molecule has 6 nitrogen and oxygen atoms in total. The summed E-state index contributed by atoms with van der Waals surface area (Å²) < 4.78 is 37.2. The number of nitrogens with zero attached hydrogens (tertiary/aromatic N) is 2. The van der Waals surface area contributed by atoms with E-state index in [0.29, 0.717) is 23.4 Å². The van der Waals surface area contributed by atoms with E-state index in [1.54, 1.807) is 31.0 Å². The highest BCUT2D eigenvalue weighted by atomic mass is 32.2. The summed E-state index contributed by atoms with van der Waals surface area (Å²) in [6.45, 7) is 2.00. The highest BCUT2D eigenvalue weighted by molar-refractivity contribution is 7.90. The van der Waals surface area contributed by atoms with E-state index >= 15 is 0 Å². The molecule has 0 saturated heterocycles. The first kappa shape index (κ1) is 17.9. The maximum absolute atomic E-state index is 13.6. The van der Waals surface area contributed by atoms with Crippen molar-refractivity contribution in [2.24, 2.45) is 0 Å². The van der Waals surface area contributed by atoms with Gasteiger partial charge >= 0.3 is 0 Å². The minimum atomic E-state index is -3.75. The highest BCUT2D eigenvalue weighted by Crippen LogP contribution is 2.29. The first-order valence-electron chi connectivity index (χ1n) is 7.04. The van der Waals surface area contributed by atoms with E-state index in [0.717, 1.165) is 12.3 Å². The van der Waals surface area contributed by atoms with Crippen LogP contribution >= 0.6 is 0 Å². The van der Waals surface area contributed by atoms with E-state index in [-0.39, 0.29) is 10.7 Å². The number of anilines is 1. The summed E-state index contributed by atoms with van der Waals surface area (Å²) in [6.07, 6.45) is 0.925. The summed E-state index contributed by atoms with van der Waals surface area (Å²) in [5, 5.41) is 11.0. The second-order valence-electron chi connectivity index (χ2n) is 5.62. The van der Waals surface area contributed by atoms with Crippen molar-refractivity contribution >= 4 is 21.2 Å². The normalized spacial score (nSPS) is 11.3. The van der Waals surface area contributed by atoms with Crippen LogP contribution in [0, 0.1) is 22.9 Å². The molecule has 8 heteroatoms. The molecule has 2 aromatic carbocycles. The number of nitro benzene ring substituents is 1. The van der Waals surface area contributed by atoms with Crippen LogP contribution in [-0.2, 0) is 16.4 Å². The van der Waals surface area contributed by atoms with Crippen LogP contribution in [0.1, 0.15) is 11.1 Å². The molecular formula is C16H17FN2O4S. The van der Waals surface area contributed by atoms with Crippen molar-refractivity contribution in [3.05, 3.63) is 63.5 Å². The van der Waals surface area contributed by atoms with Crippen LogP contribution in [0.25, 0.3) is 0 Å². The van der Waals surface area contributed by atoms with Crippen molar-refractivity contribution in [2.45, 2.75) is 18.4 Å². The van der Waals surface area contributed by atoms with Gasteiger partial charge in [0.1, 0.15) is 10.7 Å². The lowest BCUT2D eigenvalue weighted by Gasteiger charge is -2.20. The van der Waals surface area contributed by atoms with Gasteiger partial charge in [0.25, 0.3) is 5.69 Å². The predicted molar refractivity (Wildman–Crippen MR) is 89.5 cm³/mol. The van der Waals surface area contributed by atoms with Crippen molar-refractivity contribution in [3.8, 4) is 0 Å². The van der Waals surface area contributed by atoms with Crippen LogP contribution in [-0.4, -0.2) is 26.6 Å². The molecule has 0 unspecified atom stereocenters. The van der Waals surface area contributed by atoms with Crippen LogP contribution < -0.4 is 4.90 Å².